The molecule has 0 saturated carbocycles. The first-order valence-electron chi connectivity index (χ1n) is 8.42. The quantitative estimate of drug-likeness (QED) is 0.437. The molecule has 0 fully saturated rings. The Labute approximate surface area is 146 Å². The number of rotatable bonds is 6. The molecule has 0 bridgehead atoms. The van der Waals surface area contributed by atoms with E-state index >= 15 is 0 Å². The highest BCUT2D eigenvalue weighted by molar-refractivity contribution is 9.10. The molecular weight excluding hydrogens is 346 g/mol. The molecule has 1 heterocycles. The standard InChI is InChI=1S/C21H22BrN/c1-2-3-4-6-11-17-14-18-15-19(22)12-13-20(18)23-21(17)16-9-7-5-8-10-16/h5,7-10,12-15H,2-4,6,11H2,1H3. The van der Waals surface area contributed by atoms with Gasteiger partial charge in [-0.2, -0.15) is 0 Å². The number of hydrogen-bond acceptors (Lipinski definition) is 1. The Bertz CT molecular complexity index is 780. The predicted octanol–water partition coefficient (Wildman–Crippen LogP) is 6.79. The molecule has 1 aromatic heterocycles. The summed E-state index contributed by atoms with van der Waals surface area (Å²) in [5, 5.41) is 1.21. The fourth-order valence-electron chi connectivity index (χ4n) is 2.97. The molecule has 1 nitrogen and oxygen atoms in total. The first-order chi connectivity index (χ1) is 11.3. The van der Waals surface area contributed by atoms with Gasteiger partial charge in [-0.3, -0.25) is 0 Å². The van der Waals surface area contributed by atoms with Crippen molar-refractivity contribution in [2.24, 2.45) is 0 Å². The molecule has 0 saturated heterocycles. The molecule has 0 atom stereocenters. The fraction of sp³-hybridized carbons (Fsp3) is 0.286. The van der Waals surface area contributed by atoms with Gasteiger partial charge < -0.3 is 0 Å². The minimum atomic E-state index is 1.06. The van der Waals surface area contributed by atoms with Crippen LogP contribution in [-0.4, -0.2) is 4.98 Å². The van der Waals surface area contributed by atoms with Crippen molar-refractivity contribution in [3.63, 3.8) is 0 Å². The van der Waals surface area contributed by atoms with Crippen molar-refractivity contribution in [3.05, 3.63) is 64.6 Å². The maximum Gasteiger partial charge on any atom is 0.0741 e. The molecule has 0 spiro atoms. The van der Waals surface area contributed by atoms with Gasteiger partial charge in [-0.25, -0.2) is 4.98 Å². The fourth-order valence-corrected chi connectivity index (χ4v) is 3.35. The average molecular weight is 368 g/mol. The van der Waals surface area contributed by atoms with Gasteiger partial charge in [-0.1, -0.05) is 72.4 Å². The Morgan fingerprint density at radius 3 is 2.52 bits per heavy atom. The van der Waals surface area contributed by atoms with Gasteiger partial charge in [0.15, 0.2) is 0 Å². The van der Waals surface area contributed by atoms with Crippen LogP contribution in [0.4, 0.5) is 0 Å². The van der Waals surface area contributed by atoms with Gasteiger partial charge in [0.1, 0.15) is 0 Å². The second-order valence-corrected chi connectivity index (χ2v) is 6.93. The lowest BCUT2D eigenvalue weighted by Gasteiger charge is -2.11. The smallest absolute Gasteiger partial charge is 0.0741 e. The van der Waals surface area contributed by atoms with Crippen LogP contribution in [-0.2, 0) is 6.42 Å². The van der Waals surface area contributed by atoms with Gasteiger partial charge >= 0.3 is 0 Å². The summed E-state index contributed by atoms with van der Waals surface area (Å²) < 4.78 is 1.11. The number of hydrogen-bond donors (Lipinski definition) is 0. The van der Waals surface area contributed by atoms with Crippen LogP contribution in [0.5, 0.6) is 0 Å². The first kappa shape index (κ1) is 16.2. The van der Waals surface area contributed by atoms with Crippen molar-refractivity contribution < 1.29 is 0 Å². The third kappa shape index (κ3) is 4.00. The molecule has 0 radical (unpaired) electrons. The summed E-state index contributed by atoms with van der Waals surface area (Å²) in [4.78, 5) is 4.96. The maximum atomic E-state index is 4.96. The number of aryl methyl sites for hydroxylation is 1. The minimum absolute atomic E-state index is 1.06. The van der Waals surface area contributed by atoms with E-state index in [-0.39, 0.29) is 0 Å². The van der Waals surface area contributed by atoms with E-state index in [1.54, 1.807) is 0 Å². The van der Waals surface area contributed by atoms with Crippen molar-refractivity contribution >= 4 is 26.8 Å². The molecule has 23 heavy (non-hydrogen) atoms. The molecular formula is C21H22BrN. The van der Waals surface area contributed by atoms with Crippen molar-refractivity contribution in [1.82, 2.24) is 4.98 Å². The van der Waals surface area contributed by atoms with E-state index in [9.17, 15) is 0 Å². The Morgan fingerprint density at radius 2 is 1.74 bits per heavy atom. The molecule has 2 aromatic carbocycles. The SMILES string of the molecule is CCCCCCc1cc2cc(Br)ccc2nc1-c1ccccc1. The summed E-state index contributed by atoms with van der Waals surface area (Å²) in [5.41, 5.74) is 4.77. The van der Waals surface area contributed by atoms with Crippen LogP contribution in [0.3, 0.4) is 0 Å². The number of halogens is 1. The molecule has 0 aliphatic carbocycles. The van der Waals surface area contributed by atoms with Crippen molar-refractivity contribution in [2.75, 3.05) is 0 Å². The first-order valence-corrected chi connectivity index (χ1v) is 9.22. The van der Waals surface area contributed by atoms with Gasteiger partial charge in [0.25, 0.3) is 0 Å². The van der Waals surface area contributed by atoms with Gasteiger partial charge in [0, 0.05) is 15.4 Å². The highest BCUT2D eigenvalue weighted by atomic mass is 79.9. The molecule has 0 amide bonds. The van der Waals surface area contributed by atoms with E-state index in [1.807, 2.05) is 0 Å². The molecule has 118 valence electrons. The molecule has 3 aromatic rings. The summed E-state index contributed by atoms with van der Waals surface area (Å²) >= 11 is 3.57. The Hall–Kier alpha value is -1.67. The number of benzene rings is 2. The molecule has 3 rings (SSSR count). The average Bonchev–Trinajstić information content (AvgIpc) is 2.59. The van der Waals surface area contributed by atoms with Gasteiger partial charge in [-0.05, 0) is 42.7 Å². The van der Waals surface area contributed by atoms with E-state index in [4.69, 9.17) is 4.98 Å². The normalized spacial score (nSPS) is 11.0. The van der Waals surface area contributed by atoms with E-state index in [0.29, 0.717) is 0 Å². The summed E-state index contributed by atoms with van der Waals surface area (Å²) in [6, 6.07) is 19.2. The third-order valence-corrected chi connectivity index (χ3v) is 4.70. The van der Waals surface area contributed by atoms with Crippen LogP contribution in [0.25, 0.3) is 22.2 Å². The van der Waals surface area contributed by atoms with Gasteiger partial charge in [0.05, 0.1) is 11.2 Å². The molecule has 0 aliphatic heterocycles. The lowest BCUT2D eigenvalue weighted by molar-refractivity contribution is 0.667. The number of pyridine rings is 1. The van der Waals surface area contributed by atoms with Crippen LogP contribution >= 0.6 is 15.9 Å². The van der Waals surface area contributed by atoms with Gasteiger partial charge in [-0.15, -0.1) is 0 Å². The molecule has 0 N–H and O–H groups in total. The van der Waals surface area contributed by atoms with E-state index in [0.717, 1.165) is 22.1 Å². The minimum Gasteiger partial charge on any atom is -0.248 e. The summed E-state index contributed by atoms with van der Waals surface area (Å²) in [6.45, 7) is 2.25. The second kappa shape index (κ2) is 7.74. The van der Waals surface area contributed by atoms with Crippen molar-refractivity contribution in [1.29, 1.82) is 0 Å². The summed E-state index contributed by atoms with van der Waals surface area (Å²) in [7, 11) is 0. The zero-order valence-electron chi connectivity index (χ0n) is 13.6. The van der Waals surface area contributed by atoms with Crippen LogP contribution in [0, 0.1) is 0 Å². The second-order valence-electron chi connectivity index (χ2n) is 6.01. The molecule has 0 aliphatic rings. The third-order valence-electron chi connectivity index (χ3n) is 4.20. The van der Waals surface area contributed by atoms with Gasteiger partial charge in [0.2, 0.25) is 0 Å². The van der Waals surface area contributed by atoms with E-state index in [1.165, 1.54) is 42.2 Å². The van der Waals surface area contributed by atoms with Crippen LogP contribution in [0.15, 0.2) is 59.1 Å². The van der Waals surface area contributed by atoms with Crippen molar-refractivity contribution in [2.45, 2.75) is 39.0 Å². The van der Waals surface area contributed by atoms with Crippen LogP contribution < -0.4 is 0 Å². The largest absolute Gasteiger partial charge is 0.248 e. The molecule has 2 heteroatoms. The highest BCUT2D eigenvalue weighted by Gasteiger charge is 2.09. The highest BCUT2D eigenvalue weighted by Crippen LogP contribution is 2.28. The number of nitrogens with zero attached hydrogens (tertiary/aromatic N) is 1. The lowest BCUT2D eigenvalue weighted by Crippen LogP contribution is -1.95. The number of unbranched alkanes of at least 4 members (excludes halogenated alkanes) is 3. The maximum absolute atomic E-state index is 4.96. The van der Waals surface area contributed by atoms with E-state index < -0.39 is 0 Å². The number of aromatic nitrogens is 1. The lowest BCUT2D eigenvalue weighted by atomic mass is 9.98. The van der Waals surface area contributed by atoms with Crippen molar-refractivity contribution in [3.8, 4) is 11.3 Å². The zero-order chi connectivity index (χ0) is 16.1. The number of fused-ring (bicyclic) bond motifs is 1. The van der Waals surface area contributed by atoms with Crippen LogP contribution in [0.1, 0.15) is 38.2 Å². The van der Waals surface area contributed by atoms with E-state index in [2.05, 4.69) is 77.5 Å². The topological polar surface area (TPSA) is 12.9 Å². The summed E-state index contributed by atoms with van der Waals surface area (Å²) in [5.74, 6) is 0. The Balaban J connectivity index is 2.02. The Kier molecular flexibility index (Phi) is 5.45. The monoisotopic (exact) mass is 367 g/mol. The summed E-state index contributed by atoms with van der Waals surface area (Å²) in [6.07, 6.45) is 6.21. The Morgan fingerprint density at radius 1 is 0.913 bits per heavy atom. The zero-order valence-corrected chi connectivity index (χ0v) is 15.1. The molecule has 0 unspecified atom stereocenters. The van der Waals surface area contributed by atoms with Crippen LogP contribution in [0.2, 0.25) is 0 Å². The predicted molar refractivity (Wildman–Crippen MR) is 103 cm³/mol.